The van der Waals surface area contributed by atoms with E-state index in [0.717, 1.165) is 16.7 Å². The minimum absolute atomic E-state index is 0.319. The summed E-state index contributed by atoms with van der Waals surface area (Å²) in [5.74, 6) is -0.471. The fourth-order valence-corrected chi connectivity index (χ4v) is 2.78. The van der Waals surface area contributed by atoms with Crippen molar-refractivity contribution in [3.63, 3.8) is 0 Å². The van der Waals surface area contributed by atoms with Crippen LogP contribution in [0.2, 0.25) is 0 Å². The second-order valence-corrected chi connectivity index (χ2v) is 6.30. The van der Waals surface area contributed by atoms with E-state index in [4.69, 9.17) is 4.74 Å². The Kier molecular flexibility index (Phi) is 4.71. The molecule has 2 aromatic carbocycles. The average molecular weight is 349 g/mol. The van der Waals surface area contributed by atoms with Crippen molar-refractivity contribution in [1.82, 2.24) is 0 Å². The molecule has 26 heavy (non-hydrogen) atoms. The van der Waals surface area contributed by atoms with Crippen molar-refractivity contribution in [2.24, 2.45) is 4.99 Å². The Bertz CT molecular complexity index is 884. The molecule has 0 aliphatic carbocycles. The third kappa shape index (κ3) is 3.42. The van der Waals surface area contributed by atoms with Gasteiger partial charge in [0.2, 0.25) is 5.90 Å². The fraction of sp³-hybridized carbons (Fsp3) is 0.190. The van der Waals surface area contributed by atoms with Crippen LogP contribution in [0.4, 0.5) is 0 Å². The highest BCUT2D eigenvalue weighted by molar-refractivity contribution is 6.08. The lowest BCUT2D eigenvalue weighted by Crippen LogP contribution is -2.30. The Morgan fingerprint density at radius 3 is 2.35 bits per heavy atom. The van der Waals surface area contributed by atoms with E-state index < -0.39 is 17.5 Å². The van der Waals surface area contributed by atoms with Gasteiger partial charge in [0, 0.05) is 12.0 Å². The molecule has 1 atom stereocenters. The third-order valence-electron chi connectivity index (χ3n) is 4.27. The van der Waals surface area contributed by atoms with Crippen molar-refractivity contribution < 1.29 is 19.1 Å². The summed E-state index contributed by atoms with van der Waals surface area (Å²) in [5, 5.41) is 0. The number of methoxy groups -OCH3 is 1. The molecule has 0 bridgehead atoms. The van der Waals surface area contributed by atoms with Crippen molar-refractivity contribution in [1.29, 1.82) is 0 Å². The molecule has 5 heteroatoms. The van der Waals surface area contributed by atoms with Crippen molar-refractivity contribution in [3.8, 4) is 0 Å². The van der Waals surface area contributed by atoms with Crippen molar-refractivity contribution in [3.05, 3.63) is 77.9 Å². The monoisotopic (exact) mass is 349 g/mol. The molecular weight excluding hydrogens is 330 g/mol. The Labute approximate surface area is 152 Å². The van der Waals surface area contributed by atoms with E-state index >= 15 is 0 Å². The summed E-state index contributed by atoms with van der Waals surface area (Å²) in [4.78, 5) is 28.4. The van der Waals surface area contributed by atoms with Crippen LogP contribution in [0.25, 0.3) is 5.57 Å². The maximum Gasteiger partial charge on any atom is 0.340 e. The second kappa shape index (κ2) is 6.96. The largest absolute Gasteiger partial charge is 0.465 e. The lowest BCUT2D eigenvalue weighted by atomic mass is 9.90. The molecule has 0 saturated carbocycles. The SMILES string of the molecule is C=C(CC1(C)N=C(c2ccccc2)OC1=O)c1ccc(C(=O)OC)cc1. The summed E-state index contributed by atoms with van der Waals surface area (Å²) in [6.07, 6.45) is 0.319. The van der Waals surface area contributed by atoms with Gasteiger partial charge >= 0.3 is 11.9 Å². The number of ether oxygens (including phenoxy) is 2. The number of carbonyl (C=O) groups is 2. The van der Waals surface area contributed by atoms with Crippen LogP contribution in [0.5, 0.6) is 0 Å². The molecular formula is C21H19NO4. The quantitative estimate of drug-likeness (QED) is 0.773. The lowest BCUT2D eigenvalue weighted by molar-refractivity contribution is -0.138. The van der Waals surface area contributed by atoms with E-state index in [1.165, 1.54) is 7.11 Å². The molecule has 1 aliphatic rings. The average Bonchev–Trinajstić information content (AvgIpc) is 2.96. The van der Waals surface area contributed by atoms with Gasteiger partial charge in [0.25, 0.3) is 0 Å². The van der Waals surface area contributed by atoms with Gasteiger partial charge in [0.15, 0.2) is 5.54 Å². The highest BCUT2D eigenvalue weighted by Crippen LogP contribution is 2.32. The van der Waals surface area contributed by atoms with Crippen LogP contribution >= 0.6 is 0 Å². The van der Waals surface area contributed by atoms with Gasteiger partial charge in [0.1, 0.15) is 0 Å². The van der Waals surface area contributed by atoms with Crippen molar-refractivity contribution in [2.75, 3.05) is 7.11 Å². The van der Waals surface area contributed by atoms with Gasteiger partial charge in [-0.1, -0.05) is 36.9 Å². The first-order valence-corrected chi connectivity index (χ1v) is 8.17. The predicted octanol–water partition coefficient (Wildman–Crippen LogP) is 3.64. The summed E-state index contributed by atoms with van der Waals surface area (Å²) in [7, 11) is 1.34. The molecule has 0 fully saturated rings. The van der Waals surface area contributed by atoms with Gasteiger partial charge < -0.3 is 9.47 Å². The second-order valence-electron chi connectivity index (χ2n) is 6.30. The molecule has 3 rings (SSSR count). The number of esters is 2. The van der Waals surface area contributed by atoms with E-state index in [0.29, 0.717) is 17.9 Å². The molecule has 5 nitrogen and oxygen atoms in total. The molecule has 1 heterocycles. The third-order valence-corrected chi connectivity index (χ3v) is 4.27. The molecule has 0 radical (unpaired) electrons. The lowest BCUT2D eigenvalue weighted by Gasteiger charge is -2.18. The molecule has 0 spiro atoms. The van der Waals surface area contributed by atoms with Gasteiger partial charge in [-0.3, -0.25) is 0 Å². The van der Waals surface area contributed by atoms with Gasteiger partial charge in [-0.05, 0) is 42.3 Å². The van der Waals surface area contributed by atoms with Gasteiger partial charge in [-0.25, -0.2) is 14.6 Å². The molecule has 2 aromatic rings. The number of carbonyl (C=O) groups excluding carboxylic acids is 2. The summed E-state index contributed by atoms with van der Waals surface area (Å²) in [6, 6.07) is 16.2. The molecule has 0 amide bonds. The van der Waals surface area contributed by atoms with E-state index in [1.54, 1.807) is 31.2 Å². The topological polar surface area (TPSA) is 65.0 Å². The number of hydrogen-bond donors (Lipinski definition) is 0. The summed E-state index contributed by atoms with van der Waals surface area (Å²) in [6.45, 7) is 5.80. The minimum Gasteiger partial charge on any atom is -0.465 e. The summed E-state index contributed by atoms with van der Waals surface area (Å²) >= 11 is 0. The number of nitrogens with zero attached hydrogens (tertiary/aromatic N) is 1. The molecule has 1 unspecified atom stereocenters. The Morgan fingerprint density at radius 1 is 1.12 bits per heavy atom. The van der Waals surface area contributed by atoms with E-state index in [9.17, 15) is 9.59 Å². The summed E-state index contributed by atoms with van der Waals surface area (Å²) < 4.78 is 10.1. The predicted molar refractivity (Wildman–Crippen MR) is 98.9 cm³/mol. The fourth-order valence-electron chi connectivity index (χ4n) is 2.78. The maximum absolute atomic E-state index is 12.4. The Balaban J connectivity index is 1.79. The standard InChI is InChI=1S/C21H19NO4/c1-14(15-9-11-17(12-10-15)19(23)25-3)13-21(2)20(24)26-18(22-21)16-7-5-4-6-8-16/h4-12H,1,13H2,2-3H3. The van der Waals surface area contributed by atoms with Crippen LogP contribution in [0.1, 0.15) is 34.8 Å². The normalized spacial score (nSPS) is 18.8. The first-order chi connectivity index (χ1) is 12.4. The van der Waals surface area contributed by atoms with Crippen LogP contribution in [0.3, 0.4) is 0 Å². The van der Waals surface area contributed by atoms with Gasteiger partial charge in [0.05, 0.1) is 12.7 Å². The van der Waals surface area contributed by atoms with E-state index in [-0.39, 0.29) is 0 Å². The van der Waals surface area contributed by atoms with Crippen molar-refractivity contribution >= 4 is 23.4 Å². The first kappa shape index (κ1) is 17.6. The zero-order valence-corrected chi connectivity index (χ0v) is 14.7. The van der Waals surface area contributed by atoms with Gasteiger partial charge in [-0.2, -0.15) is 0 Å². The highest BCUT2D eigenvalue weighted by atomic mass is 16.6. The van der Waals surface area contributed by atoms with E-state index in [1.807, 2.05) is 30.3 Å². The number of benzene rings is 2. The van der Waals surface area contributed by atoms with Gasteiger partial charge in [-0.15, -0.1) is 0 Å². The van der Waals surface area contributed by atoms with Crippen LogP contribution < -0.4 is 0 Å². The molecule has 1 aliphatic heterocycles. The number of aliphatic imine (C=N–C) groups is 1. The van der Waals surface area contributed by atoms with Crippen LogP contribution in [-0.4, -0.2) is 30.5 Å². The maximum atomic E-state index is 12.4. The zero-order valence-electron chi connectivity index (χ0n) is 14.7. The minimum atomic E-state index is -1.02. The first-order valence-electron chi connectivity index (χ1n) is 8.17. The molecule has 0 N–H and O–H groups in total. The number of rotatable bonds is 5. The van der Waals surface area contributed by atoms with E-state index in [2.05, 4.69) is 16.3 Å². The van der Waals surface area contributed by atoms with Crippen LogP contribution in [0.15, 0.2) is 66.2 Å². The summed E-state index contributed by atoms with van der Waals surface area (Å²) in [5.41, 5.74) is 1.76. The van der Waals surface area contributed by atoms with Crippen molar-refractivity contribution in [2.45, 2.75) is 18.9 Å². The molecule has 132 valence electrons. The molecule has 0 saturated heterocycles. The smallest absolute Gasteiger partial charge is 0.340 e. The Morgan fingerprint density at radius 2 is 1.73 bits per heavy atom. The van der Waals surface area contributed by atoms with Crippen LogP contribution in [0, 0.1) is 0 Å². The highest BCUT2D eigenvalue weighted by Gasteiger charge is 2.42. The number of cyclic esters (lactones) is 1. The zero-order chi connectivity index (χ0) is 18.7. The molecule has 0 aromatic heterocycles. The van der Waals surface area contributed by atoms with Crippen LogP contribution in [-0.2, 0) is 14.3 Å². The Hall–Kier alpha value is -3.21. The number of hydrogen-bond acceptors (Lipinski definition) is 5.